The van der Waals surface area contributed by atoms with E-state index < -0.39 is 0 Å². The Morgan fingerprint density at radius 3 is 2.62 bits per heavy atom. The lowest BCUT2D eigenvalue weighted by Gasteiger charge is -2.13. The minimum absolute atomic E-state index is 0.224. The monoisotopic (exact) mass is 465 g/mol. The van der Waals surface area contributed by atoms with E-state index in [0.29, 0.717) is 18.1 Å². The third-order valence-corrected chi connectivity index (χ3v) is 6.99. The van der Waals surface area contributed by atoms with E-state index in [1.807, 2.05) is 61.7 Å². The fourth-order valence-corrected chi connectivity index (χ4v) is 4.76. The van der Waals surface area contributed by atoms with Crippen LogP contribution in [0.15, 0.2) is 66.1 Å². The highest BCUT2D eigenvalue weighted by molar-refractivity contribution is 8.00. The van der Waals surface area contributed by atoms with Crippen molar-refractivity contribution in [2.24, 2.45) is 0 Å². The number of rotatable bonds is 7. The summed E-state index contributed by atoms with van der Waals surface area (Å²) < 4.78 is 7.30. The summed E-state index contributed by atoms with van der Waals surface area (Å²) in [6, 6.07) is 16.1. The van der Waals surface area contributed by atoms with Crippen molar-refractivity contribution in [3.8, 4) is 16.8 Å². The summed E-state index contributed by atoms with van der Waals surface area (Å²) in [5.74, 6) is -0.224. The van der Waals surface area contributed by atoms with Gasteiger partial charge in [-0.25, -0.2) is 9.97 Å². The van der Waals surface area contributed by atoms with Crippen LogP contribution in [0.4, 0.5) is 0 Å². The summed E-state index contributed by atoms with van der Waals surface area (Å²) in [5.41, 5.74) is 4.75. The SMILES string of the molecule is CCOC(=O)[C@@H](CC)Sc1ncnc2c1c(-c1ccccc1)cn2-c1ccc(C)c(Cl)c1. The van der Waals surface area contributed by atoms with Crippen LogP contribution < -0.4 is 0 Å². The number of fused-ring (bicyclic) bond motifs is 1. The zero-order valence-corrected chi connectivity index (χ0v) is 19.8. The Balaban J connectivity index is 1.92. The van der Waals surface area contributed by atoms with Crippen molar-refractivity contribution in [1.29, 1.82) is 0 Å². The van der Waals surface area contributed by atoms with Gasteiger partial charge < -0.3 is 9.30 Å². The summed E-state index contributed by atoms with van der Waals surface area (Å²) in [7, 11) is 0. The number of ether oxygens (including phenoxy) is 1. The van der Waals surface area contributed by atoms with Crippen LogP contribution in [0.3, 0.4) is 0 Å². The lowest BCUT2D eigenvalue weighted by Crippen LogP contribution is -2.19. The third kappa shape index (κ3) is 4.38. The first kappa shape index (κ1) is 22.4. The second kappa shape index (κ2) is 9.76. The van der Waals surface area contributed by atoms with Gasteiger partial charge in [-0.3, -0.25) is 4.79 Å². The molecule has 0 spiro atoms. The standard InChI is InChI=1S/C25H24ClN3O2S/c1-4-21(25(30)31-5-2)32-24-22-19(17-9-7-6-8-10-17)14-29(23(22)27-15-28-24)18-12-11-16(3)20(26)13-18/h6-15,21H,4-5H2,1-3H3/t21-/m1/s1. The van der Waals surface area contributed by atoms with Crippen molar-refractivity contribution in [3.63, 3.8) is 0 Å². The van der Waals surface area contributed by atoms with Crippen molar-refractivity contribution >= 4 is 40.4 Å². The molecule has 0 aliphatic rings. The van der Waals surface area contributed by atoms with E-state index in [4.69, 9.17) is 16.3 Å². The van der Waals surface area contributed by atoms with Crippen LogP contribution in [0.2, 0.25) is 5.02 Å². The van der Waals surface area contributed by atoms with Crippen LogP contribution in [-0.4, -0.2) is 32.4 Å². The molecule has 0 radical (unpaired) electrons. The average molecular weight is 466 g/mol. The molecular weight excluding hydrogens is 442 g/mol. The van der Waals surface area contributed by atoms with Gasteiger partial charge in [0.1, 0.15) is 22.3 Å². The molecule has 7 heteroatoms. The van der Waals surface area contributed by atoms with Gasteiger partial charge in [-0.05, 0) is 43.5 Å². The predicted molar refractivity (Wildman–Crippen MR) is 131 cm³/mol. The molecule has 0 bridgehead atoms. The lowest BCUT2D eigenvalue weighted by molar-refractivity contribution is -0.142. The van der Waals surface area contributed by atoms with Crippen LogP contribution in [0.5, 0.6) is 0 Å². The number of carbonyl (C=O) groups is 1. The summed E-state index contributed by atoms with van der Waals surface area (Å²) in [6.07, 6.45) is 4.25. The highest BCUT2D eigenvalue weighted by atomic mass is 35.5. The maximum atomic E-state index is 12.5. The molecule has 0 aliphatic carbocycles. The maximum Gasteiger partial charge on any atom is 0.319 e. The largest absolute Gasteiger partial charge is 0.465 e. The number of halogens is 1. The molecule has 164 valence electrons. The Morgan fingerprint density at radius 2 is 1.94 bits per heavy atom. The van der Waals surface area contributed by atoms with Crippen LogP contribution in [0.25, 0.3) is 27.8 Å². The molecular formula is C25H24ClN3O2S. The second-order valence-electron chi connectivity index (χ2n) is 7.36. The van der Waals surface area contributed by atoms with Crippen molar-refractivity contribution < 1.29 is 9.53 Å². The summed E-state index contributed by atoms with van der Waals surface area (Å²) >= 11 is 7.84. The number of nitrogens with zero attached hydrogens (tertiary/aromatic N) is 3. The first-order valence-corrected chi connectivity index (χ1v) is 11.8. The number of benzene rings is 2. The van der Waals surface area contributed by atoms with Gasteiger partial charge in [0.25, 0.3) is 0 Å². The molecule has 0 N–H and O–H groups in total. The van der Waals surface area contributed by atoms with Crippen LogP contribution in [-0.2, 0) is 9.53 Å². The number of aryl methyl sites for hydroxylation is 1. The molecule has 0 saturated carbocycles. The average Bonchev–Trinajstić information content (AvgIpc) is 3.20. The number of hydrogen-bond acceptors (Lipinski definition) is 5. The van der Waals surface area contributed by atoms with Gasteiger partial charge in [-0.2, -0.15) is 0 Å². The maximum absolute atomic E-state index is 12.5. The number of hydrogen-bond donors (Lipinski definition) is 0. The van der Waals surface area contributed by atoms with Crippen molar-refractivity contribution in [2.45, 2.75) is 37.5 Å². The van der Waals surface area contributed by atoms with Gasteiger partial charge in [-0.15, -0.1) is 0 Å². The lowest BCUT2D eigenvalue weighted by atomic mass is 10.1. The smallest absolute Gasteiger partial charge is 0.319 e. The van der Waals surface area contributed by atoms with Crippen molar-refractivity contribution in [1.82, 2.24) is 14.5 Å². The molecule has 1 atom stereocenters. The molecule has 2 aromatic carbocycles. The molecule has 0 aliphatic heterocycles. The Hall–Kier alpha value is -2.83. The van der Waals surface area contributed by atoms with E-state index in [9.17, 15) is 4.79 Å². The predicted octanol–water partition coefficient (Wildman–Crippen LogP) is 6.48. The van der Waals surface area contributed by atoms with Crippen LogP contribution in [0, 0.1) is 6.92 Å². The van der Waals surface area contributed by atoms with E-state index in [-0.39, 0.29) is 11.2 Å². The Bertz CT molecular complexity index is 1260. The fraction of sp³-hybridized carbons (Fsp3) is 0.240. The highest BCUT2D eigenvalue weighted by Crippen LogP contribution is 2.39. The second-order valence-corrected chi connectivity index (χ2v) is 8.96. The summed E-state index contributed by atoms with van der Waals surface area (Å²) in [5, 5.41) is 2.02. The zero-order chi connectivity index (χ0) is 22.7. The fourth-order valence-electron chi connectivity index (χ4n) is 3.56. The van der Waals surface area contributed by atoms with Crippen molar-refractivity contribution in [3.05, 3.63) is 71.6 Å². The summed E-state index contributed by atoms with van der Waals surface area (Å²) in [4.78, 5) is 21.6. The Morgan fingerprint density at radius 1 is 1.16 bits per heavy atom. The van der Waals surface area contributed by atoms with E-state index in [2.05, 4.69) is 28.3 Å². The van der Waals surface area contributed by atoms with E-state index >= 15 is 0 Å². The molecule has 5 nitrogen and oxygen atoms in total. The van der Waals surface area contributed by atoms with E-state index in [1.165, 1.54) is 11.8 Å². The molecule has 2 aromatic heterocycles. The molecule has 0 amide bonds. The van der Waals surface area contributed by atoms with Gasteiger partial charge in [0.05, 0.1) is 12.0 Å². The molecule has 0 saturated heterocycles. The minimum Gasteiger partial charge on any atom is -0.465 e. The number of carbonyl (C=O) groups excluding carboxylic acids is 1. The highest BCUT2D eigenvalue weighted by Gasteiger charge is 2.24. The van der Waals surface area contributed by atoms with Gasteiger partial charge >= 0.3 is 5.97 Å². The van der Waals surface area contributed by atoms with Crippen molar-refractivity contribution in [2.75, 3.05) is 6.61 Å². The molecule has 0 unspecified atom stereocenters. The Labute approximate surface area is 196 Å². The molecule has 0 fully saturated rings. The van der Waals surface area contributed by atoms with E-state index in [0.717, 1.165) is 38.4 Å². The first-order valence-electron chi connectivity index (χ1n) is 10.5. The summed E-state index contributed by atoms with van der Waals surface area (Å²) in [6.45, 7) is 6.13. The first-order chi connectivity index (χ1) is 15.5. The molecule has 4 aromatic rings. The minimum atomic E-state index is -0.339. The molecule has 2 heterocycles. The Kier molecular flexibility index (Phi) is 6.82. The van der Waals surface area contributed by atoms with Crippen LogP contribution in [0.1, 0.15) is 25.8 Å². The van der Waals surface area contributed by atoms with Gasteiger partial charge in [0.2, 0.25) is 0 Å². The molecule has 32 heavy (non-hydrogen) atoms. The topological polar surface area (TPSA) is 57.0 Å². The van der Waals surface area contributed by atoms with Gasteiger partial charge in [0.15, 0.2) is 0 Å². The van der Waals surface area contributed by atoms with Crippen LogP contribution >= 0.6 is 23.4 Å². The quantitative estimate of drug-likeness (QED) is 0.177. The number of aromatic nitrogens is 3. The van der Waals surface area contributed by atoms with E-state index in [1.54, 1.807) is 6.33 Å². The normalized spacial score (nSPS) is 12.1. The third-order valence-electron chi connectivity index (χ3n) is 5.24. The van der Waals surface area contributed by atoms with Gasteiger partial charge in [0, 0.05) is 22.5 Å². The van der Waals surface area contributed by atoms with Gasteiger partial charge in [-0.1, -0.05) is 66.7 Å². The number of esters is 1. The zero-order valence-electron chi connectivity index (χ0n) is 18.2. The number of thioether (sulfide) groups is 1. The molecule has 4 rings (SSSR count).